The zero-order valence-corrected chi connectivity index (χ0v) is 13.1. The molecule has 1 atom stereocenters. The molecule has 0 saturated carbocycles. The molecule has 0 radical (unpaired) electrons. The lowest BCUT2D eigenvalue weighted by Gasteiger charge is -2.17. The Morgan fingerprint density at radius 3 is 2.38 bits per heavy atom. The molecule has 0 aliphatic carbocycles. The Hall–Kier alpha value is -1.71. The van der Waals surface area contributed by atoms with Gasteiger partial charge in [0.2, 0.25) is 0 Å². The summed E-state index contributed by atoms with van der Waals surface area (Å²) in [7, 11) is 3.19. The lowest BCUT2D eigenvalue weighted by molar-refractivity contribution is 0.354. The number of methoxy groups -OCH3 is 2. The molecule has 0 heterocycles. The maximum atomic E-state index is 6.25. The second-order valence-electron chi connectivity index (χ2n) is 4.86. The quantitative estimate of drug-likeness (QED) is 0.886. The highest BCUT2D eigenvalue weighted by atomic mass is 35.5. The van der Waals surface area contributed by atoms with Gasteiger partial charge in [-0.1, -0.05) is 41.9 Å². The third-order valence-corrected chi connectivity index (χ3v) is 3.81. The molecule has 3 nitrogen and oxygen atoms in total. The van der Waals surface area contributed by atoms with Crippen LogP contribution >= 0.6 is 11.6 Å². The Balaban J connectivity index is 2.28. The van der Waals surface area contributed by atoms with Crippen molar-refractivity contribution in [2.75, 3.05) is 20.8 Å². The normalized spacial score (nSPS) is 12.0. The number of hydrogen-bond acceptors (Lipinski definition) is 3. The van der Waals surface area contributed by atoms with E-state index in [0.29, 0.717) is 23.1 Å². The highest BCUT2D eigenvalue weighted by Crippen LogP contribution is 2.37. The molecular weight excluding hydrogens is 286 g/mol. The van der Waals surface area contributed by atoms with Gasteiger partial charge in [0.25, 0.3) is 0 Å². The zero-order chi connectivity index (χ0) is 15.2. The molecule has 0 spiro atoms. The van der Waals surface area contributed by atoms with E-state index in [2.05, 4.69) is 12.1 Å². The average Bonchev–Trinajstić information content (AvgIpc) is 2.52. The zero-order valence-electron chi connectivity index (χ0n) is 12.3. The van der Waals surface area contributed by atoms with E-state index in [4.69, 9.17) is 26.8 Å². The van der Waals surface area contributed by atoms with Gasteiger partial charge in [0.1, 0.15) is 0 Å². The maximum absolute atomic E-state index is 6.25. The van der Waals surface area contributed by atoms with E-state index in [9.17, 15) is 0 Å². The van der Waals surface area contributed by atoms with E-state index in [-0.39, 0.29) is 5.92 Å². The predicted molar refractivity (Wildman–Crippen MR) is 86.5 cm³/mol. The van der Waals surface area contributed by atoms with Crippen LogP contribution in [0.1, 0.15) is 17.0 Å². The van der Waals surface area contributed by atoms with Gasteiger partial charge in [-0.3, -0.25) is 0 Å². The number of rotatable bonds is 6. The first-order chi connectivity index (χ1) is 10.2. The van der Waals surface area contributed by atoms with Crippen molar-refractivity contribution in [1.29, 1.82) is 0 Å². The van der Waals surface area contributed by atoms with Gasteiger partial charge >= 0.3 is 0 Å². The summed E-state index contributed by atoms with van der Waals surface area (Å²) in [4.78, 5) is 0. The van der Waals surface area contributed by atoms with Crippen LogP contribution in [0.3, 0.4) is 0 Å². The van der Waals surface area contributed by atoms with E-state index >= 15 is 0 Å². The molecule has 1 unspecified atom stereocenters. The van der Waals surface area contributed by atoms with E-state index < -0.39 is 0 Å². The lowest BCUT2D eigenvalue weighted by Crippen LogP contribution is -2.15. The van der Waals surface area contributed by atoms with Crippen LogP contribution in [0.5, 0.6) is 11.5 Å². The Labute approximate surface area is 130 Å². The van der Waals surface area contributed by atoms with Crippen LogP contribution in [0.2, 0.25) is 5.02 Å². The van der Waals surface area contributed by atoms with Crippen molar-refractivity contribution in [2.45, 2.75) is 12.3 Å². The first kappa shape index (κ1) is 15.7. The van der Waals surface area contributed by atoms with Crippen molar-refractivity contribution >= 4 is 11.6 Å². The summed E-state index contributed by atoms with van der Waals surface area (Å²) in [6.45, 7) is 0.579. The summed E-state index contributed by atoms with van der Waals surface area (Å²) in [5.74, 6) is 1.45. The summed E-state index contributed by atoms with van der Waals surface area (Å²) >= 11 is 6.25. The smallest absolute Gasteiger partial charge is 0.179 e. The van der Waals surface area contributed by atoms with Crippen molar-refractivity contribution in [3.05, 3.63) is 58.6 Å². The molecular formula is C17H20ClNO2. The van der Waals surface area contributed by atoms with Gasteiger partial charge in [0, 0.05) is 5.92 Å². The van der Waals surface area contributed by atoms with Crippen molar-refractivity contribution < 1.29 is 9.47 Å². The van der Waals surface area contributed by atoms with Crippen LogP contribution in [0.25, 0.3) is 0 Å². The van der Waals surface area contributed by atoms with E-state index in [1.165, 1.54) is 5.56 Å². The van der Waals surface area contributed by atoms with Gasteiger partial charge < -0.3 is 15.2 Å². The van der Waals surface area contributed by atoms with Gasteiger partial charge in [-0.15, -0.1) is 0 Å². The van der Waals surface area contributed by atoms with E-state index in [1.54, 1.807) is 14.2 Å². The minimum Gasteiger partial charge on any atom is -0.493 e. The molecule has 0 aliphatic heterocycles. The number of hydrogen-bond donors (Lipinski definition) is 1. The molecule has 2 aromatic carbocycles. The molecule has 0 saturated heterocycles. The van der Waals surface area contributed by atoms with Gasteiger partial charge in [0.15, 0.2) is 11.5 Å². The number of halogens is 1. The third-order valence-electron chi connectivity index (χ3n) is 3.53. The van der Waals surface area contributed by atoms with Crippen molar-refractivity contribution in [3.63, 3.8) is 0 Å². The second kappa shape index (κ2) is 7.34. The molecule has 2 rings (SSSR count). The molecule has 4 heteroatoms. The first-order valence-electron chi connectivity index (χ1n) is 6.85. The Morgan fingerprint density at radius 2 is 1.81 bits per heavy atom. The predicted octanol–water partition coefficient (Wildman–Crippen LogP) is 3.64. The largest absolute Gasteiger partial charge is 0.493 e. The Morgan fingerprint density at radius 1 is 1.10 bits per heavy atom. The summed E-state index contributed by atoms with van der Waals surface area (Å²) in [6, 6.07) is 14.1. The highest BCUT2D eigenvalue weighted by Gasteiger charge is 2.15. The lowest BCUT2D eigenvalue weighted by atomic mass is 9.92. The number of nitrogens with two attached hydrogens (primary N) is 1. The molecule has 2 aromatic rings. The molecule has 0 bridgehead atoms. The Bertz CT molecular complexity index is 587. The van der Waals surface area contributed by atoms with Gasteiger partial charge in [-0.2, -0.15) is 0 Å². The van der Waals surface area contributed by atoms with Crippen molar-refractivity contribution in [3.8, 4) is 11.5 Å². The molecule has 0 aromatic heterocycles. The van der Waals surface area contributed by atoms with Crippen molar-refractivity contribution in [2.24, 2.45) is 5.73 Å². The van der Waals surface area contributed by atoms with Crippen LogP contribution in [0.15, 0.2) is 42.5 Å². The average molecular weight is 306 g/mol. The molecule has 2 N–H and O–H groups in total. The fourth-order valence-corrected chi connectivity index (χ4v) is 2.75. The topological polar surface area (TPSA) is 44.5 Å². The minimum atomic E-state index is 0.250. The maximum Gasteiger partial charge on any atom is 0.179 e. The summed E-state index contributed by atoms with van der Waals surface area (Å²) < 4.78 is 10.6. The molecule has 112 valence electrons. The van der Waals surface area contributed by atoms with Crippen LogP contribution in [-0.2, 0) is 6.42 Å². The summed E-state index contributed by atoms with van der Waals surface area (Å²) in [5.41, 5.74) is 8.24. The van der Waals surface area contributed by atoms with E-state index in [0.717, 1.165) is 12.0 Å². The van der Waals surface area contributed by atoms with Gasteiger partial charge in [0.05, 0.1) is 19.2 Å². The van der Waals surface area contributed by atoms with E-state index in [1.807, 2.05) is 30.3 Å². The Kier molecular flexibility index (Phi) is 5.48. The van der Waals surface area contributed by atoms with Crippen LogP contribution in [0, 0.1) is 0 Å². The summed E-state index contributed by atoms with van der Waals surface area (Å²) in [5, 5.41) is 0.552. The monoisotopic (exact) mass is 305 g/mol. The fourth-order valence-electron chi connectivity index (χ4n) is 2.44. The van der Waals surface area contributed by atoms with Crippen molar-refractivity contribution in [1.82, 2.24) is 0 Å². The highest BCUT2D eigenvalue weighted by molar-refractivity contribution is 6.32. The third kappa shape index (κ3) is 3.69. The minimum absolute atomic E-state index is 0.250. The van der Waals surface area contributed by atoms with Crippen LogP contribution < -0.4 is 15.2 Å². The molecule has 0 fully saturated rings. The summed E-state index contributed by atoms with van der Waals surface area (Å²) in [6.07, 6.45) is 0.806. The standard InChI is InChI=1S/C17H20ClNO2/c1-20-16-10-12(9-15(18)17(16)21-2)8-14(11-19)13-6-4-3-5-7-13/h3-7,9-10,14H,8,11,19H2,1-2H3. The fraction of sp³-hybridized carbons (Fsp3) is 0.294. The molecule has 0 aliphatic rings. The van der Waals surface area contributed by atoms with Crippen LogP contribution in [-0.4, -0.2) is 20.8 Å². The number of benzene rings is 2. The SMILES string of the molecule is COc1cc(CC(CN)c2ccccc2)cc(Cl)c1OC. The molecule has 0 amide bonds. The van der Waals surface area contributed by atoms with Gasteiger partial charge in [-0.05, 0) is 36.2 Å². The first-order valence-corrected chi connectivity index (χ1v) is 7.22. The number of ether oxygens (including phenoxy) is 2. The second-order valence-corrected chi connectivity index (χ2v) is 5.27. The van der Waals surface area contributed by atoms with Crippen LogP contribution in [0.4, 0.5) is 0 Å². The van der Waals surface area contributed by atoms with Gasteiger partial charge in [-0.25, -0.2) is 0 Å². The molecule has 21 heavy (non-hydrogen) atoms.